The van der Waals surface area contributed by atoms with Crippen molar-refractivity contribution in [2.45, 2.75) is 33.2 Å². The number of halogens is 2. The first-order valence-corrected chi connectivity index (χ1v) is 10.6. The Kier molecular flexibility index (Phi) is 6.16. The number of nitrogens with one attached hydrogen (secondary N) is 1. The van der Waals surface area contributed by atoms with Crippen LogP contribution in [0.3, 0.4) is 0 Å². The normalized spacial score (nSPS) is 15.3. The summed E-state index contributed by atoms with van der Waals surface area (Å²) in [6, 6.07) is 8.11. The maximum absolute atomic E-state index is 13.1. The van der Waals surface area contributed by atoms with E-state index in [-0.39, 0.29) is 17.5 Å². The number of aromatic nitrogens is 3. The van der Waals surface area contributed by atoms with Crippen molar-refractivity contribution in [3.05, 3.63) is 53.5 Å². The summed E-state index contributed by atoms with van der Waals surface area (Å²) in [5.41, 5.74) is 1.46. The van der Waals surface area contributed by atoms with Crippen LogP contribution in [0.2, 0.25) is 0 Å². The van der Waals surface area contributed by atoms with Crippen LogP contribution in [0.25, 0.3) is 10.9 Å². The highest BCUT2D eigenvalue weighted by Crippen LogP contribution is 2.29. The summed E-state index contributed by atoms with van der Waals surface area (Å²) in [7, 11) is 0. The fourth-order valence-electron chi connectivity index (χ4n) is 3.92. The number of aryl methyl sites for hydroxylation is 1. The second-order valence-electron chi connectivity index (χ2n) is 8.01. The highest BCUT2D eigenvalue weighted by molar-refractivity contribution is 5.90. The number of amides is 1. The first-order valence-electron chi connectivity index (χ1n) is 10.6. The number of carbonyl (C=O) groups is 1. The molecule has 1 unspecified atom stereocenters. The van der Waals surface area contributed by atoms with E-state index in [0.29, 0.717) is 43.3 Å². The van der Waals surface area contributed by atoms with Crippen molar-refractivity contribution < 1.29 is 13.6 Å². The zero-order chi connectivity index (χ0) is 22.8. The Labute approximate surface area is 185 Å². The molecule has 168 valence electrons. The van der Waals surface area contributed by atoms with Crippen molar-refractivity contribution in [3.8, 4) is 0 Å². The number of fused-ring (bicyclic) bond motifs is 1. The van der Waals surface area contributed by atoms with Gasteiger partial charge >= 0.3 is 0 Å². The van der Waals surface area contributed by atoms with E-state index in [2.05, 4.69) is 25.2 Å². The summed E-state index contributed by atoms with van der Waals surface area (Å²) in [6.45, 7) is 8.01. The van der Waals surface area contributed by atoms with E-state index in [1.807, 2.05) is 30.9 Å². The average Bonchev–Trinajstić information content (AvgIpc) is 2.79. The van der Waals surface area contributed by atoms with Crippen molar-refractivity contribution >= 4 is 28.4 Å². The lowest BCUT2D eigenvalue weighted by molar-refractivity contribution is -0.129. The van der Waals surface area contributed by atoms with E-state index in [4.69, 9.17) is 0 Å². The van der Waals surface area contributed by atoms with Crippen LogP contribution >= 0.6 is 0 Å². The van der Waals surface area contributed by atoms with Gasteiger partial charge in [-0.05, 0) is 31.5 Å². The van der Waals surface area contributed by atoms with Crippen molar-refractivity contribution in [2.24, 2.45) is 0 Å². The predicted molar refractivity (Wildman–Crippen MR) is 120 cm³/mol. The van der Waals surface area contributed by atoms with Gasteiger partial charge in [0.15, 0.2) is 0 Å². The first-order chi connectivity index (χ1) is 15.3. The second-order valence-corrected chi connectivity index (χ2v) is 8.01. The number of benzene rings is 1. The van der Waals surface area contributed by atoms with Gasteiger partial charge in [-0.2, -0.15) is 0 Å². The molecule has 32 heavy (non-hydrogen) atoms. The van der Waals surface area contributed by atoms with Gasteiger partial charge in [-0.15, -0.1) is 0 Å². The molecule has 1 amide bonds. The molecule has 3 aromatic rings. The van der Waals surface area contributed by atoms with E-state index in [1.54, 1.807) is 19.2 Å². The fourth-order valence-corrected chi connectivity index (χ4v) is 3.92. The number of pyridine rings is 1. The zero-order valence-corrected chi connectivity index (χ0v) is 18.3. The Balaban J connectivity index is 1.62. The number of piperazine rings is 1. The molecule has 1 atom stereocenters. The number of anilines is 2. The van der Waals surface area contributed by atoms with Crippen LogP contribution in [0.1, 0.15) is 43.3 Å². The Morgan fingerprint density at radius 2 is 1.81 bits per heavy atom. The molecule has 3 heterocycles. The third kappa shape index (κ3) is 4.61. The SMILES string of the molecule is CC(=O)N1CCN(c2cc3c(NC(C)c4cccc(C(F)F)c4)nc(C)nc3cn2)CC1. The number of nitrogens with zero attached hydrogens (tertiary/aromatic N) is 5. The lowest BCUT2D eigenvalue weighted by Gasteiger charge is -2.35. The molecule has 4 rings (SSSR count). The van der Waals surface area contributed by atoms with Crippen LogP contribution in [-0.2, 0) is 4.79 Å². The molecule has 0 aliphatic carbocycles. The Bertz CT molecular complexity index is 1130. The van der Waals surface area contributed by atoms with Crippen LogP contribution in [0.5, 0.6) is 0 Å². The van der Waals surface area contributed by atoms with Crippen LogP contribution < -0.4 is 10.2 Å². The molecule has 1 N–H and O–H groups in total. The quantitative estimate of drug-likeness (QED) is 0.644. The van der Waals surface area contributed by atoms with Crippen LogP contribution in [0, 0.1) is 6.92 Å². The van der Waals surface area contributed by atoms with E-state index < -0.39 is 6.43 Å². The summed E-state index contributed by atoms with van der Waals surface area (Å²) in [5, 5.41) is 4.18. The zero-order valence-electron chi connectivity index (χ0n) is 18.3. The first kappa shape index (κ1) is 21.9. The number of rotatable bonds is 5. The van der Waals surface area contributed by atoms with E-state index in [9.17, 15) is 13.6 Å². The minimum absolute atomic E-state index is 0.00364. The van der Waals surface area contributed by atoms with Crippen molar-refractivity contribution in [2.75, 3.05) is 36.4 Å². The van der Waals surface area contributed by atoms with Crippen LogP contribution in [-0.4, -0.2) is 51.9 Å². The van der Waals surface area contributed by atoms with Crippen molar-refractivity contribution in [1.29, 1.82) is 0 Å². The van der Waals surface area contributed by atoms with Gasteiger partial charge in [0, 0.05) is 50.1 Å². The lowest BCUT2D eigenvalue weighted by atomic mass is 10.1. The smallest absolute Gasteiger partial charge is 0.263 e. The molecule has 1 aromatic carbocycles. The van der Waals surface area contributed by atoms with Gasteiger partial charge in [-0.1, -0.05) is 18.2 Å². The molecule has 9 heteroatoms. The molecule has 0 bridgehead atoms. The second kappa shape index (κ2) is 9.02. The molecule has 1 aliphatic heterocycles. The average molecular weight is 440 g/mol. The molecule has 0 spiro atoms. The summed E-state index contributed by atoms with van der Waals surface area (Å²) in [4.78, 5) is 29.2. The van der Waals surface area contributed by atoms with Gasteiger partial charge in [0.2, 0.25) is 5.91 Å². The summed E-state index contributed by atoms with van der Waals surface area (Å²) < 4.78 is 26.2. The molecule has 0 radical (unpaired) electrons. The van der Waals surface area contributed by atoms with E-state index >= 15 is 0 Å². The molecular weight excluding hydrogens is 414 g/mol. The molecule has 1 aliphatic rings. The molecule has 2 aromatic heterocycles. The Morgan fingerprint density at radius 3 is 2.50 bits per heavy atom. The summed E-state index contributed by atoms with van der Waals surface area (Å²) in [5.74, 6) is 2.10. The van der Waals surface area contributed by atoms with Gasteiger partial charge in [-0.25, -0.2) is 23.7 Å². The minimum atomic E-state index is -2.51. The van der Waals surface area contributed by atoms with Gasteiger partial charge in [-0.3, -0.25) is 4.79 Å². The van der Waals surface area contributed by atoms with Gasteiger partial charge in [0.25, 0.3) is 6.43 Å². The van der Waals surface area contributed by atoms with Crippen molar-refractivity contribution in [3.63, 3.8) is 0 Å². The molecule has 1 fully saturated rings. The Morgan fingerprint density at radius 1 is 1.09 bits per heavy atom. The fraction of sp³-hybridized carbons (Fsp3) is 0.391. The standard InChI is InChI=1S/C23H26F2N6O/c1-14(17-5-4-6-18(11-17)22(24)25)27-23-19-12-21(26-13-20(19)28-15(2)29-23)31-9-7-30(8-10-31)16(3)32/h4-6,11-14,22H,7-10H2,1-3H3,(H,27,28,29). The molecule has 7 nitrogen and oxygen atoms in total. The number of hydrogen-bond donors (Lipinski definition) is 1. The Hall–Kier alpha value is -3.36. The summed E-state index contributed by atoms with van der Waals surface area (Å²) in [6.07, 6.45) is -0.786. The van der Waals surface area contributed by atoms with Crippen molar-refractivity contribution in [1.82, 2.24) is 19.9 Å². The van der Waals surface area contributed by atoms with Gasteiger partial charge in [0.1, 0.15) is 17.5 Å². The number of hydrogen-bond acceptors (Lipinski definition) is 6. The number of alkyl halides is 2. The lowest BCUT2D eigenvalue weighted by Crippen LogP contribution is -2.48. The molecule has 0 saturated carbocycles. The highest BCUT2D eigenvalue weighted by atomic mass is 19.3. The van der Waals surface area contributed by atoms with Crippen LogP contribution in [0.4, 0.5) is 20.4 Å². The maximum Gasteiger partial charge on any atom is 0.263 e. The topological polar surface area (TPSA) is 74.2 Å². The molecular formula is C23H26F2N6O. The monoisotopic (exact) mass is 440 g/mol. The third-order valence-corrected chi connectivity index (χ3v) is 5.74. The number of carbonyl (C=O) groups excluding carboxylic acids is 1. The largest absolute Gasteiger partial charge is 0.363 e. The maximum atomic E-state index is 13.1. The van der Waals surface area contributed by atoms with Gasteiger partial charge < -0.3 is 15.1 Å². The van der Waals surface area contributed by atoms with Gasteiger partial charge in [0.05, 0.1) is 11.7 Å². The highest BCUT2D eigenvalue weighted by Gasteiger charge is 2.21. The molecule has 1 saturated heterocycles. The minimum Gasteiger partial charge on any atom is -0.363 e. The third-order valence-electron chi connectivity index (χ3n) is 5.74. The van der Waals surface area contributed by atoms with E-state index in [0.717, 1.165) is 16.8 Å². The van der Waals surface area contributed by atoms with E-state index in [1.165, 1.54) is 12.1 Å². The summed E-state index contributed by atoms with van der Waals surface area (Å²) >= 11 is 0. The van der Waals surface area contributed by atoms with Crippen LogP contribution in [0.15, 0.2) is 36.5 Å². The predicted octanol–water partition coefficient (Wildman–Crippen LogP) is 4.11.